The average molecular weight is 514 g/mol. The minimum absolute atomic E-state index is 0.179. The van der Waals surface area contributed by atoms with Gasteiger partial charge in [-0.05, 0) is 6.07 Å². The molecule has 5 rings (SSSR count). The lowest BCUT2D eigenvalue weighted by Crippen LogP contribution is -2.71. The van der Waals surface area contributed by atoms with Gasteiger partial charge in [0, 0.05) is 22.8 Å². The molecule has 0 radical (unpaired) electrons. The number of nitrogens with zero attached hydrogens (tertiary/aromatic N) is 4. The van der Waals surface area contributed by atoms with E-state index >= 15 is 0 Å². The van der Waals surface area contributed by atoms with E-state index in [2.05, 4.69) is 15.6 Å². The van der Waals surface area contributed by atoms with Gasteiger partial charge in [-0.2, -0.15) is 0 Å². The molecule has 180 valence electrons. The third kappa shape index (κ3) is 4.00. The number of thiazole rings is 1. The van der Waals surface area contributed by atoms with Crippen LogP contribution >= 0.6 is 23.1 Å². The van der Waals surface area contributed by atoms with Gasteiger partial charge in [0.2, 0.25) is 12.3 Å². The van der Waals surface area contributed by atoms with Gasteiger partial charge in [0.25, 0.3) is 11.6 Å². The van der Waals surface area contributed by atoms with E-state index in [1.165, 1.54) is 17.1 Å². The number of aliphatic carboxylic acids is 1. The quantitative estimate of drug-likeness (QED) is 0.179. The van der Waals surface area contributed by atoms with Crippen molar-refractivity contribution in [3.05, 3.63) is 59.1 Å². The SMILES string of the molecule is Nc1nc(C(NC=O)C(=O)N[C@@H]2C(=O)N3C(C(=O)[O-])=C(Cn4cc[n+]5ccccc45)CS[C@H]23)cs1. The topological polar surface area (TPSA) is 167 Å². The van der Waals surface area contributed by atoms with Gasteiger partial charge in [-0.3, -0.25) is 19.3 Å². The number of β-lactam (4-membered cyclic amide) rings is 1. The first-order valence-corrected chi connectivity index (χ1v) is 12.4. The van der Waals surface area contributed by atoms with E-state index in [4.69, 9.17) is 5.73 Å². The predicted octanol–water partition coefficient (Wildman–Crippen LogP) is -1.84. The Bertz CT molecular complexity index is 1380. The Labute approximate surface area is 206 Å². The number of nitrogens with two attached hydrogens (primary N) is 1. The molecule has 0 aromatic carbocycles. The molecule has 14 heteroatoms. The molecule has 0 saturated carbocycles. The molecule has 2 aliphatic heterocycles. The summed E-state index contributed by atoms with van der Waals surface area (Å²) in [5, 5.41) is 18.2. The smallest absolute Gasteiger partial charge is 0.286 e. The molecule has 35 heavy (non-hydrogen) atoms. The number of imidazole rings is 1. The monoisotopic (exact) mass is 513 g/mol. The second-order valence-corrected chi connectivity index (χ2v) is 9.85. The van der Waals surface area contributed by atoms with Gasteiger partial charge in [-0.15, -0.1) is 23.1 Å². The van der Waals surface area contributed by atoms with Gasteiger partial charge in [0.05, 0.1) is 23.6 Å². The van der Waals surface area contributed by atoms with Crippen LogP contribution in [0.2, 0.25) is 0 Å². The summed E-state index contributed by atoms with van der Waals surface area (Å²) in [6.07, 6.45) is 5.92. The number of anilines is 1. The number of carboxylic acids is 1. The van der Waals surface area contributed by atoms with Crippen LogP contribution in [0.15, 0.2) is 53.4 Å². The Morgan fingerprint density at radius 3 is 2.91 bits per heavy atom. The maximum Gasteiger partial charge on any atom is 0.286 e. The number of nitrogen functional groups attached to an aromatic ring is 1. The maximum absolute atomic E-state index is 13.0. The number of hydrogen-bond donors (Lipinski definition) is 3. The molecule has 12 nitrogen and oxygen atoms in total. The molecule has 3 aromatic heterocycles. The number of thioether (sulfide) groups is 1. The van der Waals surface area contributed by atoms with Crippen LogP contribution in [0.3, 0.4) is 0 Å². The molecule has 1 saturated heterocycles. The summed E-state index contributed by atoms with van der Waals surface area (Å²) in [7, 11) is 0. The predicted molar refractivity (Wildman–Crippen MR) is 123 cm³/mol. The lowest BCUT2D eigenvalue weighted by Gasteiger charge is -2.50. The Hall–Kier alpha value is -3.91. The van der Waals surface area contributed by atoms with Gasteiger partial charge >= 0.3 is 0 Å². The second kappa shape index (κ2) is 9.03. The van der Waals surface area contributed by atoms with E-state index in [0.717, 1.165) is 21.9 Å². The zero-order chi connectivity index (χ0) is 24.7. The van der Waals surface area contributed by atoms with Crippen molar-refractivity contribution in [3.8, 4) is 0 Å². The Morgan fingerprint density at radius 1 is 1.37 bits per heavy atom. The van der Waals surface area contributed by atoms with Gasteiger partial charge in [-0.25, -0.2) is 14.0 Å². The molecule has 1 unspecified atom stereocenters. The van der Waals surface area contributed by atoms with E-state index in [-0.39, 0.29) is 23.1 Å². The van der Waals surface area contributed by atoms with Crippen molar-refractivity contribution in [1.29, 1.82) is 0 Å². The number of pyridine rings is 1. The number of rotatable bonds is 8. The first-order valence-electron chi connectivity index (χ1n) is 10.4. The summed E-state index contributed by atoms with van der Waals surface area (Å²) in [5.41, 5.74) is 7.08. The van der Waals surface area contributed by atoms with Gasteiger partial charge in [-0.1, -0.05) is 6.07 Å². The molecular weight excluding hydrogens is 494 g/mol. The summed E-state index contributed by atoms with van der Waals surface area (Å²) in [6.45, 7) is 0.265. The van der Waals surface area contributed by atoms with Crippen LogP contribution < -0.4 is 25.9 Å². The molecule has 5 heterocycles. The molecule has 1 fully saturated rings. The number of carbonyl (C=O) groups is 4. The number of carbonyl (C=O) groups excluding carboxylic acids is 4. The van der Waals surface area contributed by atoms with Crippen molar-refractivity contribution in [1.82, 2.24) is 25.1 Å². The summed E-state index contributed by atoms with van der Waals surface area (Å²) >= 11 is 2.45. The molecule has 3 aromatic rings. The standard InChI is InChI=1S/C21H19N7O5S2/c22-21-24-12(9-35-21)14(23-10-29)17(30)25-15-18(31)28-16(20(32)33)11(8-34-19(15)28)7-27-6-5-26-4-2-1-3-13(26)27/h1-6,9-10,14-15,19H,7-8H2,(H4-,22,23,24,25,29,30,32,33)/t14?,15-,19-/m1/s1. The molecule has 3 amide bonds. The van der Waals surface area contributed by atoms with E-state index in [9.17, 15) is 24.3 Å². The van der Waals surface area contributed by atoms with Crippen LogP contribution in [0, 0.1) is 0 Å². The highest BCUT2D eigenvalue weighted by Gasteiger charge is 2.53. The van der Waals surface area contributed by atoms with Gasteiger partial charge in [0.1, 0.15) is 30.4 Å². The molecule has 4 N–H and O–H groups in total. The van der Waals surface area contributed by atoms with Gasteiger partial charge in [0.15, 0.2) is 11.2 Å². The van der Waals surface area contributed by atoms with E-state index in [1.54, 1.807) is 0 Å². The van der Waals surface area contributed by atoms with Crippen molar-refractivity contribution in [3.63, 3.8) is 0 Å². The lowest BCUT2D eigenvalue weighted by atomic mass is 10.0. The highest BCUT2D eigenvalue weighted by molar-refractivity contribution is 8.00. The molecular formula is C21H19N7O5S2. The van der Waals surface area contributed by atoms with Crippen LogP contribution in [0.4, 0.5) is 5.13 Å². The average Bonchev–Trinajstić information content (AvgIpc) is 3.46. The Kier molecular flexibility index (Phi) is 5.90. The van der Waals surface area contributed by atoms with Crippen molar-refractivity contribution in [2.24, 2.45) is 0 Å². The summed E-state index contributed by atoms with van der Waals surface area (Å²) in [6, 6.07) is 3.57. The van der Waals surface area contributed by atoms with Crippen LogP contribution in [-0.2, 0) is 25.7 Å². The Morgan fingerprint density at radius 2 is 2.20 bits per heavy atom. The molecule has 3 atom stereocenters. The third-order valence-electron chi connectivity index (χ3n) is 5.80. The third-order valence-corrected chi connectivity index (χ3v) is 7.83. The first-order chi connectivity index (χ1) is 16.9. The largest absolute Gasteiger partial charge is 0.543 e. The number of nitrogens with one attached hydrogen (secondary N) is 2. The molecule has 0 bridgehead atoms. The minimum atomic E-state index is -1.45. The molecule has 0 spiro atoms. The number of carboxylic acid groups (broad SMARTS) is 1. The minimum Gasteiger partial charge on any atom is -0.543 e. The van der Waals surface area contributed by atoms with Crippen LogP contribution in [-0.4, -0.2) is 55.8 Å². The highest BCUT2D eigenvalue weighted by Crippen LogP contribution is 2.40. The Balaban J connectivity index is 1.36. The highest BCUT2D eigenvalue weighted by atomic mass is 32.2. The fourth-order valence-electron chi connectivity index (χ4n) is 4.21. The first kappa shape index (κ1) is 22.9. The van der Waals surface area contributed by atoms with Crippen LogP contribution in [0.1, 0.15) is 11.7 Å². The van der Waals surface area contributed by atoms with Gasteiger partial charge < -0.3 is 26.3 Å². The summed E-state index contributed by atoms with van der Waals surface area (Å²) in [4.78, 5) is 54.1. The van der Waals surface area contributed by atoms with E-state index in [1.807, 2.05) is 45.8 Å². The number of amides is 3. The van der Waals surface area contributed by atoms with Crippen molar-refractivity contribution >= 4 is 58.1 Å². The zero-order valence-corrected chi connectivity index (χ0v) is 19.6. The van der Waals surface area contributed by atoms with Crippen LogP contribution in [0.25, 0.3) is 5.65 Å². The number of aromatic nitrogens is 3. The number of hydrogen-bond acceptors (Lipinski definition) is 9. The second-order valence-electron chi connectivity index (χ2n) is 7.86. The molecule has 0 aliphatic carbocycles. The lowest BCUT2D eigenvalue weighted by molar-refractivity contribution is -0.510. The van der Waals surface area contributed by atoms with Crippen molar-refractivity contribution < 1.29 is 28.7 Å². The fourth-order valence-corrected chi connectivity index (χ4v) is 6.13. The summed E-state index contributed by atoms with van der Waals surface area (Å²) in [5.74, 6) is -2.34. The molecule has 2 aliphatic rings. The van der Waals surface area contributed by atoms with Crippen LogP contribution in [0.5, 0.6) is 0 Å². The van der Waals surface area contributed by atoms with E-state index < -0.39 is 35.2 Å². The van der Waals surface area contributed by atoms with Crippen molar-refractivity contribution in [2.75, 3.05) is 11.5 Å². The van der Waals surface area contributed by atoms with E-state index in [0.29, 0.717) is 17.7 Å². The van der Waals surface area contributed by atoms with Crippen molar-refractivity contribution in [2.45, 2.75) is 24.0 Å². The maximum atomic E-state index is 13.0. The number of fused-ring (bicyclic) bond motifs is 2. The summed E-state index contributed by atoms with van der Waals surface area (Å²) < 4.78 is 3.79. The fraction of sp³-hybridized carbons (Fsp3) is 0.238. The zero-order valence-electron chi connectivity index (χ0n) is 18.0. The normalized spacial score (nSPS) is 20.2.